The van der Waals surface area contributed by atoms with Gasteiger partial charge in [0.05, 0.1) is 19.3 Å². The summed E-state index contributed by atoms with van der Waals surface area (Å²) >= 11 is 3.49. The van der Waals surface area contributed by atoms with Crippen molar-refractivity contribution in [3.05, 3.63) is 45.7 Å². The molecule has 0 radical (unpaired) electrons. The van der Waals surface area contributed by atoms with Gasteiger partial charge >= 0.3 is 0 Å². The minimum Gasteiger partial charge on any atom is -0.493 e. The van der Waals surface area contributed by atoms with Gasteiger partial charge in [-0.25, -0.2) is 5.43 Å². The lowest BCUT2D eigenvalue weighted by molar-refractivity contribution is 0.401. The van der Waals surface area contributed by atoms with Crippen LogP contribution in [-0.4, -0.2) is 16.9 Å². The molecule has 1 unspecified atom stereocenters. The van der Waals surface area contributed by atoms with Crippen LogP contribution in [-0.2, 0) is 7.05 Å². The predicted octanol–water partition coefficient (Wildman–Crippen LogP) is 2.05. The largest absolute Gasteiger partial charge is 0.493 e. The molecule has 102 valence electrons. The minimum absolute atomic E-state index is 0.181. The van der Waals surface area contributed by atoms with Crippen molar-refractivity contribution in [2.24, 2.45) is 12.9 Å². The average molecular weight is 325 g/mol. The Morgan fingerprint density at radius 1 is 1.47 bits per heavy atom. The number of nitrogens with zero attached hydrogens (tertiary/aromatic N) is 2. The van der Waals surface area contributed by atoms with Crippen LogP contribution in [0.4, 0.5) is 0 Å². The Kier molecular flexibility index (Phi) is 4.24. The lowest BCUT2D eigenvalue weighted by Gasteiger charge is -2.20. The fraction of sp³-hybridized carbons (Fsp3) is 0.308. The van der Waals surface area contributed by atoms with Crippen LogP contribution in [0.1, 0.15) is 22.9 Å². The zero-order valence-electron chi connectivity index (χ0n) is 11.1. The zero-order valence-corrected chi connectivity index (χ0v) is 12.7. The number of nitrogens with one attached hydrogen (secondary N) is 1. The molecule has 1 atom stereocenters. The summed E-state index contributed by atoms with van der Waals surface area (Å²) in [6.45, 7) is 2.05. The minimum atomic E-state index is -0.181. The Balaban J connectivity index is 2.56. The fourth-order valence-electron chi connectivity index (χ4n) is 2.15. The van der Waals surface area contributed by atoms with Gasteiger partial charge in [-0.05, 0) is 30.2 Å². The van der Waals surface area contributed by atoms with Crippen LogP contribution in [0.25, 0.3) is 0 Å². The number of nitrogens with two attached hydrogens (primary N) is 1. The van der Waals surface area contributed by atoms with E-state index in [1.165, 1.54) is 0 Å². The molecule has 0 amide bonds. The maximum atomic E-state index is 5.75. The molecule has 0 aliphatic heterocycles. The van der Waals surface area contributed by atoms with Crippen molar-refractivity contribution < 1.29 is 4.74 Å². The number of benzene rings is 1. The van der Waals surface area contributed by atoms with Crippen LogP contribution >= 0.6 is 15.9 Å². The lowest BCUT2D eigenvalue weighted by atomic mass is 9.99. The van der Waals surface area contributed by atoms with Crippen molar-refractivity contribution in [2.75, 3.05) is 7.11 Å². The van der Waals surface area contributed by atoms with Gasteiger partial charge in [-0.1, -0.05) is 22.0 Å². The summed E-state index contributed by atoms with van der Waals surface area (Å²) in [5, 5.41) is 4.22. The number of aryl methyl sites for hydroxylation is 2. The monoisotopic (exact) mass is 324 g/mol. The molecule has 19 heavy (non-hydrogen) atoms. The van der Waals surface area contributed by atoms with Crippen molar-refractivity contribution in [3.8, 4) is 5.75 Å². The van der Waals surface area contributed by atoms with Gasteiger partial charge in [-0.2, -0.15) is 5.10 Å². The van der Waals surface area contributed by atoms with Crippen LogP contribution < -0.4 is 16.0 Å². The van der Waals surface area contributed by atoms with E-state index < -0.39 is 0 Å². The number of hydrogen-bond acceptors (Lipinski definition) is 4. The molecule has 1 aromatic carbocycles. The molecule has 6 heteroatoms. The normalized spacial score (nSPS) is 12.5. The molecule has 3 N–H and O–H groups in total. The van der Waals surface area contributed by atoms with E-state index in [-0.39, 0.29) is 6.04 Å². The fourth-order valence-corrected chi connectivity index (χ4v) is 2.53. The molecule has 0 aliphatic rings. The summed E-state index contributed by atoms with van der Waals surface area (Å²) in [7, 11) is 3.50. The Hall–Kier alpha value is -1.37. The molecule has 2 aromatic rings. The number of ether oxygens (including phenoxy) is 1. The van der Waals surface area contributed by atoms with Crippen molar-refractivity contribution in [2.45, 2.75) is 13.0 Å². The standard InChI is InChI=1S/C13H17BrN4O/c1-8-4-5-9(14)6-10(8)12(17-15)13-11(19-3)7-16-18(13)2/h4-7,12,17H,15H2,1-3H3. The first-order chi connectivity index (χ1) is 9.08. The topological polar surface area (TPSA) is 65.1 Å². The van der Waals surface area contributed by atoms with E-state index >= 15 is 0 Å². The van der Waals surface area contributed by atoms with Gasteiger partial charge in [-0.3, -0.25) is 10.5 Å². The Labute approximate surface area is 120 Å². The molecule has 0 saturated heterocycles. The van der Waals surface area contributed by atoms with E-state index in [9.17, 15) is 0 Å². The summed E-state index contributed by atoms with van der Waals surface area (Å²) in [6, 6.07) is 5.92. The van der Waals surface area contributed by atoms with E-state index in [0.29, 0.717) is 5.75 Å². The highest BCUT2D eigenvalue weighted by atomic mass is 79.9. The Bertz CT molecular complexity index is 582. The van der Waals surface area contributed by atoms with E-state index in [2.05, 4.69) is 33.4 Å². The van der Waals surface area contributed by atoms with Crippen LogP contribution in [0.5, 0.6) is 5.75 Å². The molecular weight excluding hydrogens is 308 g/mol. The maximum absolute atomic E-state index is 5.75. The van der Waals surface area contributed by atoms with Crippen molar-refractivity contribution >= 4 is 15.9 Å². The summed E-state index contributed by atoms with van der Waals surface area (Å²) in [5.41, 5.74) is 5.97. The molecule has 0 saturated carbocycles. The highest BCUT2D eigenvalue weighted by Crippen LogP contribution is 2.31. The van der Waals surface area contributed by atoms with Crippen molar-refractivity contribution in [1.82, 2.24) is 15.2 Å². The van der Waals surface area contributed by atoms with E-state index in [1.807, 2.05) is 25.2 Å². The number of hydrogen-bond donors (Lipinski definition) is 2. The zero-order chi connectivity index (χ0) is 14.0. The third kappa shape index (κ3) is 2.65. The Morgan fingerprint density at radius 3 is 2.84 bits per heavy atom. The first kappa shape index (κ1) is 14.0. The lowest BCUT2D eigenvalue weighted by Crippen LogP contribution is -2.31. The van der Waals surface area contributed by atoms with E-state index in [1.54, 1.807) is 18.0 Å². The van der Waals surface area contributed by atoms with Gasteiger partial charge in [0.2, 0.25) is 0 Å². The first-order valence-corrected chi connectivity index (χ1v) is 6.65. The number of methoxy groups -OCH3 is 1. The van der Waals surface area contributed by atoms with Crippen LogP contribution in [0.3, 0.4) is 0 Å². The van der Waals surface area contributed by atoms with Gasteiger partial charge in [-0.15, -0.1) is 0 Å². The average Bonchev–Trinajstić information content (AvgIpc) is 2.76. The third-order valence-corrected chi connectivity index (χ3v) is 3.65. The van der Waals surface area contributed by atoms with Crippen molar-refractivity contribution in [3.63, 3.8) is 0 Å². The van der Waals surface area contributed by atoms with E-state index in [4.69, 9.17) is 10.6 Å². The second-order valence-electron chi connectivity index (χ2n) is 4.32. The van der Waals surface area contributed by atoms with Gasteiger partial charge < -0.3 is 4.74 Å². The highest BCUT2D eigenvalue weighted by Gasteiger charge is 2.23. The third-order valence-electron chi connectivity index (χ3n) is 3.16. The van der Waals surface area contributed by atoms with Gasteiger partial charge in [0.25, 0.3) is 0 Å². The van der Waals surface area contributed by atoms with Crippen LogP contribution in [0.2, 0.25) is 0 Å². The molecule has 5 nitrogen and oxygen atoms in total. The second kappa shape index (κ2) is 5.73. The maximum Gasteiger partial charge on any atom is 0.161 e. The molecule has 1 aromatic heterocycles. The summed E-state index contributed by atoms with van der Waals surface area (Å²) in [4.78, 5) is 0. The number of halogens is 1. The highest BCUT2D eigenvalue weighted by molar-refractivity contribution is 9.10. The van der Waals surface area contributed by atoms with Gasteiger partial charge in [0.1, 0.15) is 5.69 Å². The number of rotatable bonds is 4. The van der Waals surface area contributed by atoms with Crippen LogP contribution in [0, 0.1) is 6.92 Å². The number of aromatic nitrogens is 2. The van der Waals surface area contributed by atoms with Crippen molar-refractivity contribution in [1.29, 1.82) is 0 Å². The van der Waals surface area contributed by atoms with Gasteiger partial charge in [0, 0.05) is 11.5 Å². The predicted molar refractivity (Wildman–Crippen MR) is 77.8 cm³/mol. The van der Waals surface area contributed by atoms with Gasteiger partial charge in [0.15, 0.2) is 5.75 Å². The second-order valence-corrected chi connectivity index (χ2v) is 5.24. The molecule has 2 rings (SSSR count). The SMILES string of the molecule is COc1cnn(C)c1C(NN)c1cc(Br)ccc1C. The first-order valence-electron chi connectivity index (χ1n) is 5.86. The van der Waals surface area contributed by atoms with Crippen LogP contribution in [0.15, 0.2) is 28.9 Å². The Morgan fingerprint density at radius 2 is 2.21 bits per heavy atom. The molecule has 0 spiro atoms. The molecular formula is C13H17BrN4O. The molecule has 0 fully saturated rings. The smallest absolute Gasteiger partial charge is 0.161 e. The quantitative estimate of drug-likeness (QED) is 0.667. The number of hydrazine groups is 1. The summed E-state index contributed by atoms with van der Waals surface area (Å²) < 4.78 is 8.13. The van der Waals surface area contributed by atoms with E-state index in [0.717, 1.165) is 21.3 Å². The molecule has 0 bridgehead atoms. The summed E-state index contributed by atoms with van der Waals surface area (Å²) in [5.74, 6) is 6.46. The molecule has 0 aliphatic carbocycles. The summed E-state index contributed by atoms with van der Waals surface area (Å²) in [6.07, 6.45) is 1.69. The molecule has 1 heterocycles.